The van der Waals surface area contributed by atoms with E-state index in [0.29, 0.717) is 12.8 Å². The lowest BCUT2D eigenvalue weighted by atomic mass is 9.98. The summed E-state index contributed by atoms with van der Waals surface area (Å²) in [6.07, 6.45) is 1.66. The summed E-state index contributed by atoms with van der Waals surface area (Å²) in [7, 11) is 1.59. The highest BCUT2D eigenvalue weighted by molar-refractivity contribution is 5.89. The van der Waals surface area contributed by atoms with Crippen molar-refractivity contribution in [1.29, 1.82) is 0 Å². The molecule has 0 aliphatic heterocycles. The van der Waals surface area contributed by atoms with Crippen LogP contribution in [0.4, 0.5) is 0 Å². The third-order valence-electron chi connectivity index (χ3n) is 2.35. The average Bonchev–Trinajstić information content (AvgIpc) is 2.32. The zero-order valence-electron chi connectivity index (χ0n) is 7.50. The first-order chi connectivity index (χ1) is 5.65. The molecule has 68 valence electrons. The summed E-state index contributed by atoms with van der Waals surface area (Å²) < 4.78 is 5.12. The molecule has 1 fully saturated rings. The van der Waals surface area contributed by atoms with Gasteiger partial charge in [0.1, 0.15) is 11.6 Å². The second kappa shape index (κ2) is 3.81. The largest absolute Gasteiger partial charge is 0.381 e. The minimum Gasteiger partial charge on any atom is -0.381 e. The lowest BCUT2D eigenvalue weighted by Gasteiger charge is -2.14. The van der Waals surface area contributed by atoms with Crippen LogP contribution in [0.25, 0.3) is 0 Å². The first-order valence-electron chi connectivity index (χ1n) is 4.20. The van der Waals surface area contributed by atoms with Crippen molar-refractivity contribution in [3.63, 3.8) is 0 Å². The number of Topliss-reactive ketones (excluding diaryl/α,β-unsaturated/α-hetero) is 2. The van der Waals surface area contributed by atoms with Crippen molar-refractivity contribution in [1.82, 2.24) is 0 Å². The topological polar surface area (TPSA) is 43.4 Å². The second-order valence-electron chi connectivity index (χ2n) is 3.29. The summed E-state index contributed by atoms with van der Waals surface area (Å²) in [5, 5.41) is 0. The molecular weight excluding hydrogens is 156 g/mol. The summed E-state index contributed by atoms with van der Waals surface area (Å²) in [6.45, 7) is 1.51. The van der Waals surface area contributed by atoms with E-state index in [-0.39, 0.29) is 23.6 Å². The molecule has 0 radical (unpaired) electrons. The van der Waals surface area contributed by atoms with Crippen LogP contribution in [0.2, 0.25) is 0 Å². The number of ether oxygens (including phenoxy) is 1. The van der Waals surface area contributed by atoms with Gasteiger partial charge in [0.15, 0.2) is 0 Å². The molecule has 0 aromatic carbocycles. The molecule has 1 saturated carbocycles. The number of ketones is 2. The molecule has 0 amide bonds. The molecule has 0 saturated heterocycles. The average molecular weight is 170 g/mol. The highest BCUT2D eigenvalue weighted by Gasteiger charge is 2.35. The van der Waals surface area contributed by atoms with Crippen LogP contribution in [-0.2, 0) is 14.3 Å². The Morgan fingerprint density at radius 3 is 2.83 bits per heavy atom. The number of rotatable bonds is 3. The predicted octanol–water partition coefficient (Wildman–Crippen LogP) is 0.960. The standard InChI is InChI=1S/C9H14O3/c1-6(10)5-7-8(11)3-4-9(7)12-2/h7,9H,3-5H2,1-2H3. The van der Waals surface area contributed by atoms with Gasteiger partial charge in [0.05, 0.1) is 12.0 Å². The molecule has 0 bridgehead atoms. The van der Waals surface area contributed by atoms with Gasteiger partial charge in [-0.05, 0) is 13.3 Å². The Balaban J connectivity index is 2.57. The molecular formula is C9H14O3. The Hall–Kier alpha value is -0.700. The number of carbonyl (C=O) groups is 2. The lowest BCUT2D eigenvalue weighted by Crippen LogP contribution is -2.23. The number of carbonyl (C=O) groups excluding carboxylic acids is 2. The van der Waals surface area contributed by atoms with Gasteiger partial charge in [0.2, 0.25) is 0 Å². The fourth-order valence-electron chi connectivity index (χ4n) is 1.72. The van der Waals surface area contributed by atoms with Gasteiger partial charge in [0, 0.05) is 20.0 Å². The van der Waals surface area contributed by atoms with E-state index in [0.717, 1.165) is 6.42 Å². The predicted molar refractivity (Wildman–Crippen MR) is 43.8 cm³/mol. The normalized spacial score (nSPS) is 29.3. The van der Waals surface area contributed by atoms with Crippen molar-refractivity contribution in [2.75, 3.05) is 7.11 Å². The Morgan fingerprint density at radius 2 is 2.33 bits per heavy atom. The number of hydrogen-bond donors (Lipinski definition) is 0. The van der Waals surface area contributed by atoms with Gasteiger partial charge in [-0.3, -0.25) is 4.79 Å². The molecule has 0 N–H and O–H groups in total. The minimum atomic E-state index is -0.174. The molecule has 3 heteroatoms. The van der Waals surface area contributed by atoms with Crippen LogP contribution in [0, 0.1) is 5.92 Å². The molecule has 0 aromatic heterocycles. The van der Waals surface area contributed by atoms with Crippen LogP contribution in [0.3, 0.4) is 0 Å². The van der Waals surface area contributed by atoms with Crippen LogP contribution in [-0.4, -0.2) is 24.8 Å². The smallest absolute Gasteiger partial charge is 0.139 e. The van der Waals surface area contributed by atoms with E-state index >= 15 is 0 Å². The molecule has 3 nitrogen and oxygen atoms in total. The monoisotopic (exact) mass is 170 g/mol. The van der Waals surface area contributed by atoms with E-state index < -0.39 is 0 Å². The van der Waals surface area contributed by atoms with E-state index in [1.165, 1.54) is 6.92 Å². The molecule has 12 heavy (non-hydrogen) atoms. The summed E-state index contributed by atoms with van der Waals surface area (Å²) in [5.41, 5.74) is 0. The zero-order chi connectivity index (χ0) is 9.14. The van der Waals surface area contributed by atoms with Crippen molar-refractivity contribution in [3.05, 3.63) is 0 Å². The highest BCUT2D eigenvalue weighted by atomic mass is 16.5. The molecule has 0 heterocycles. The summed E-state index contributed by atoms with van der Waals surface area (Å²) in [5.74, 6) is 0.0712. The molecule has 1 aliphatic carbocycles. The Kier molecular flexibility index (Phi) is 2.98. The molecule has 0 aromatic rings. The quantitative estimate of drug-likeness (QED) is 0.633. The number of hydrogen-bond acceptors (Lipinski definition) is 3. The SMILES string of the molecule is COC1CCC(=O)C1CC(C)=O. The van der Waals surface area contributed by atoms with Crippen molar-refractivity contribution in [2.45, 2.75) is 32.3 Å². The first kappa shape index (κ1) is 9.39. The van der Waals surface area contributed by atoms with E-state index in [2.05, 4.69) is 0 Å². The second-order valence-corrected chi connectivity index (χ2v) is 3.29. The van der Waals surface area contributed by atoms with Crippen molar-refractivity contribution in [2.24, 2.45) is 5.92 Å². The molecule has 2 unspecified atom stereocenters. The maximum absolute atomic E-state index is 11.2. The fraction of sp³-hybridized carbons (Fsp3) is 0.778. The minimum absolute atomic E-state index is 0.0265. The van der Waals surface area contributed by atoms with Crippen LogP contribution in [0.15, 0.2) is 0 Å². The summed E-state index contributed by atoms with van der Waals surface area (Å²) in [4.78, 5) is 22.0. The first-order valence-corrected chi connectivity index (χ1v) is 4.20. The maximum Gasteiger partial charge on any atom is 0.139 e. The molecule has 1 aliphatic rings. The Morgan fingerprint density at radius 1 is 1.67 bits per heavy atom. The van der Waals surface area contributed by atoms with E-state index in [4.69, 9.17) is 4.74 Å². The van der Waals surface area contributed by atoms with Crippen molar-refractivity contribution < 1.29 is 14.3 Å². The number of methoxy groups -OCH3 is 1. The van der Waals surface area contributed by atoms with Gasteiger partial charge in [-0.25, -0.2) is 0 Å². The van der Waals surface area contributed by atoms with Gasteiger partial charge >= 0.3 is 0 Å². The van der Waals surface area contributed by atoms with Gasteiger partial charge in [0.25, 0.3) is 0 Å². The third-order valence-corrected chi connectivity index (χ3v) is 2.35. The van der Waals surface area contributed by atoms with Crippen LogP contribution in [0.5, 0.6) is 0 Å². The lowest BCUT2D eigenvalue weighted by molar-refractivity contribution is -0.127. The zero-order valence-corrected chi connectivity index (χ0v) is 7.50. The molecule has 2 atom stereocenters. The van der Waals surface area contributed by atoms with Gasteiger partial charge in [-0.2, -0.15) is 0 Å². The Labute approximate surface area is 72.1 Å². The molecule has 1 rings (SSSR count). The van der Waals surface area contributed by atoms with Crippen molar-refractivity contribution >= 4 is 11.6 Å². The Bertz CT molecular complexity index is 198. The van der Waals surface area contributed by atoms with Crippen LogP contribution < -0.4 is 0 Å². The van der Waals surface area contributed by atoms with Crippen LogP contribution in [0.1, 0.15) is 26.2 Å². The van der Waals surface area contributed by atoms with E-state index in [1.807, 2.05) is 0 Å². The molecule has 0 spiro atoms. The van der Waals surface area contributed by atoms with E-state index in [1.54, 1.807) is 7.11 Å². The van der Waals surface area contributed by atoms with Crippen LogP contribution >= 0.6 is 0 Å². The fourth-order valence-corrected chi connectivity index (χ4v) is 1.72. The summed E-state index contributed by atoms with van der Waals surface area (Å²) >= 11 is 0. The van der Waals surface area contributed by atoms with Crippen molar-refractivity contribution in [3.8, 4) is 0 Å². The maximum atomic E-state index is 11.2. The highest BCUT2D eigenvalue weighted by Crippen LogP contribution is 2.27. The van der Waals surface area contributed by atoms with Gasteiger partial charge in [-0.15, -0.1) is 0 Å². The van der Waals surface area contributed by atoms with E-state index in [9.17, 15) is 9.59 Å². The van der Waals surface area contributed by atoms with Gasteiger partial charge in [-0.1, -0.05) is 0 Å². The third kappa shape index (κ3) is 1.91. The summed E-state index contributed by atoms with van der Waals surface area (Å²) in [6, 6.07) is 0. The van der Waals surface area contributed by atoms with Gasteiger partial charge < -0.3 is 9.53 Å².